The molecule has 0 radical (unpaired) electrons. The van der Waals surface area contributed by atoms with Crippen molar-refractivity contribution >= 4 is 35.2 Å². The molecule has 3 heterocycles. The van der Waals surface area contributed by atoms with Crippen LogP contribution in [0.25, 0.3) is 5.57 Å². The smallest absolute Gasteiger partial charge is 0.413 e. The molecule has 0 aliphatic carbocycles. The molecule has 0 aromatic carbocycles. The number of thioether (sulfide) groups is 1. The van der Waals surface area contributed by atoms with Crippen LogP contribution in [0.1, 0.15) is 45.4 Å². The summed E-state index contributed by atoms with van der Waals surface area (Å²) >= 11 is 1.49. The van der Waals surface area contributed by atoms with Crippen LogP contribution in [0.2, 0.25) is 0 Å². The predicted octanol–water partition coefficient (Wildman–Crippen LogP) is 4.65. The first-order valence-electron chi connectivity index (χ1n) is 10.6. The van der Waals surface area contributed by atoms with E-state index in [-0.39, 0.29) is 0 Å². The van der Waals surface area contributed by atoms with Gasteiger partial charge < -0.3 is 15.4 Å². The number of carbonyl (C=O) groups is 1. The van der Waals surface area contributed by atoms with Crippen molar-refractivity contribution in [3.8, 4) is 6.07 Å². The molecule has 0 fully saturated rings. The Hall–Kier alpha value is -3.58. The molecule has 2 aromatic heterocycles. The second-order valence-electron chi connectivity index (χ2n) is 8.18. The third kappa shape index (κ3) is 7.22. The molecule has 3 rings (SSSR count). The molecule has 2 aromatic rings. The van der Waals surface area contributed by atoms with Crippen LogP contribution in [-0.4, -0.2) is 33.2 Å². The zero-order valence-corrected chi connectivity index (χ0v) is 19.9. The van der Waals surface area contributed by atoms with E-state index in [0.29, 0.717) is 36.0 Å². The molecule has 10 heteroatoms. The number of nitrogens with zero attached hydrogens (tertiary/aromatic N) is 4. The Morgan fingerprint density at radius 3 is 2.73 bits per heavy atom. The number of pyridine rings is 1. The number of carbonyl (C=O) groups excluding carboxylic acids is 1. The van der Waals surface area contributed by atoms with E-state index in [1.807, 2.05) is 11.5 Å². The first kappa shape index (κ1) is 24.1. The predicted molar refractivity (Wildman–Crippen MR) is 130 cm³/mol. The van der Waals surface area contributed by atoms with E-state index < -0.39 is 11.7 Å². The number of nitriles is 1. The van der Waals surface area contributed by atoms with E-state index in [9.17, 15) is 10.1 Å². The Morgan fingerprint density at radius 1 is 1.27 bits per heavy atom. The second-order valence-corrected chi connectivity index (χ2v) is 9.06. The number of allylic oxidation sites excluding steroid dienone is 2. The van der Waals surface area contributed by atoms with Gasteiger partial charge in [-0.2, -0.15) is 5.26 Å². The number of anilines is 2. The number of nitrogens with one attached hydrogen (secondary N) is 3. The van der Waals surface area contributed by atoms with Gasteiger partial charge in [0.2, 0.25) is 5.95 Å². The number of hydrogen-bond acceptors (Lipinski definition) is 9. The highest BCUT2D eigenvalue weighted by Crippen LogP contribution is 2.31. The van der Waals surface area contributed by atoms with E-state index in [1.165, 1.54) is 11.8 Å². The summed E-state index contributed by atoms with van der Waals surface area (Å²) in [6.07, 6.45) is 4.35. The SMILES string of the molecule is CCC1=CSC(=C(C#N)c2ccnc(NCCc3ccc(NC(=O)OC(C)(C)C)nc3)n2)N1. The zero-order chi connectivity index (χ0) is 23.8. The summed E-state index contributed by atoms with van der Waals surface area (Å²) in [7, 11) is 0. The van der Waals surface area contributed by atoms with E-state index >= 15 is 0 Å². The minimum Gasteiger partial charge on any atom is -0.444 e. The summed E-state index contributed by atoms with van der Waals surface area (Å²) in [6.45, 7) is 8.05. The van der Waals surface area contributed by atoms with Crippen LogP contribution in [0.4, 0.5) is 16.6 Å². The number of aromatic nitrogens is 3. The molecule has 0 unspecified atom stereocenters. The normalized spacial score (nSPS) is 14.6. The Bertz CT molecular complexity index is 1100. The van der Waals surface area contributed by atoms with Gasteiger partial charge in [0, 0.05) is 24.6 Å². The van der Waals surface area contributed by atoms with Crippen LogP contribution >= 0.6 is 11.8 Å². The lowest BCUT2D eigenvalue weighted by Crippen LogP contribution is -2.27. The number of rotatable bonds is 7. The van der Waals surface area contributed by atoms with Gasteiger partial charge in [-0.3, -0.25) is 5.32 Å². The van der Waals surface area contributed by atoms with Crippen molar-refractivity contribution in [2.24, 2.45) is 0 Å². The fourth-order valence-electron chi connectivity index (χ4n) is 2.81. The van der Waals surface area contributed by atoms with Crippen molar-refractivity contribution in [1.29, 1.82) is 5.26 Å². The molecule has 3 N–H and O–H groups in total. The average Bonchev–Trinajstić information content (AvgIpc) is 3.23. The highest BCUT2D eigenvalue weighted by molar-refractivity contribution is 8.06. The molecule has 1 aliphatic rings. The molecule has 33 heavy (non-hydrogen) atoms. The van der Waals surface area contributed by atoms with E-state index in [4.69, 9.17) is 4.74 Å². The van der Waals surface area contributed by atoms with E-state index in [2.05, 4.69) is 43.9 Å². The maximum Gasteiger partial charge on any atom is 0.413 e. The van der Waals surface area contributed by atoms with E-state index in [0.717, 1.165) is 22.7 Å². The quantitative estimate of drug-likeness (QED) is 0.501. The Labute approximate surface area is 197 Å². The fraction of sp³-hybridized carbons (Fsp3) is 0.348. The first-order valence-corrected chi connectivity index (χ1v) is 11.4. The lowest BCUT2D eigenvalue weighted by atomic mass is 10.2. The number of hydrogen-bond donors (Lipinski definition) is 3. The van der Waals surface area contributed by atoms with Crippen molar-refractivity contribution in [3.63, 3.8) is 0 Å². The minimum absolute atomic E-state index is 0.424. The summed E-state index contributed by atoms with van der Waals surface area (Å²) in [5.74, 6) is 0.872. The molecule has 1 amide bonds. The topological polar surface area (TPSA) is 125 Å². The fourth-order valence-corrected chi connectivity index (χ4v) is 3.75. The minimum atomic E-state index is -0.568. The van der Waals surface area contributed by atoms with Crippen molar-refractivity contribution < 1.29 is 9.53 Å². The summed E-state index contributed by atoms with van der Waals surface area (Å²) in [5.41, 5.74) is 2.55. The molecule has 172 valence electrons. The highest BCUT2D eigenvalue weighted by atomic mass is 32.2. The van der Waals surface area contributed by atoms with Gasteiger partial charge in [-0.1, -0.05) is 24.8 Å². The van der Waals surface area contributed by atoms with Gasteiger partial charge >= 0.3 is 6.09 Å². The Balaban J connectivity index is 1.55. The monoisotopic (exact) mass is 465 g/mol. The summed E-state index contributed by atoms with van der Waals surface area (Å²) in [5, 5.41) is 21.5. The first-order chi connectivity index (χ1) is 15.8. The molecule has 0 saturated carbocycles. The zero-order valence-electron chi connectivity index (χ0n) is 19.1. The third-order valence-corrected chi connectivity index (χ3v) is 5.32. The molecule has 0 bridgehead atoms. The van der Waals surface area contributed by atoms with Gasteiger partial charge in [-0.15, -0.1) is 0 Å². The largest absolute Gasteiger partial charge is 0.444 e. The molecule has 9 nitrogen and oxygen atoms in total. The van der Waals surface area contributed by atoms with Gasteiger partial charge in [0.1, 0.15) is 23.1 Å². The van der Waals surface area contributed by atoms with Crippen molar-refractivity contribution in [2.45, 2.75) is 46.1 Å². The number of amides is 1. The standard InChI is InChI=1S/C23H27N7O2S/c1-5-16-14-33-20(28-16)17(12-24)18-9-11-26-21(29-18)25-10-8-15-6-7-19(27-13-15)30-22(31)32-23(2,3)4/h6-7,9,11,13-14,28H,5,8,10H2,1-4H3,(H,25,26,29)(H,27,30,31). The Morgan fingerprint density at radius 2 is 2.09 bits per heavy atom. The lowest BCUT2D eigenvalue weighted by Gasteiger charge is -2.19. The molecular weight excluding hydrogens is 438 g/mol. The molecular formula is C23H27N7O2S. The molecule has 1 aliphatic heterocycles. The Kier molecular flexibility index (Phi) is 7.90. The molecule has 0 atom stereocenters. The van der Waals surface area contributed by atoms with Gasteiger partial charge in [-0.25, -0.2) is 19.7 Å². The number of ether oxygens (including phenoxy) is 1. The van der Waals surface area contributed by atoms with Crippen molar-refractivity contribution in [3.05, 3.63) is 58.0 Å². The summed E-state index contributed by atoms with van der Waals surface area (Å²) in [6, 6.07) is 7.58. The highest BCUT2D eigenvalue weighted by Gasteiger charge is 2.17. The average molecular weight is 466 g/mol. The maximum atomic E-state index is 11.8. The van der Waals surface area contributed by atoms with Crippen LogP contribution in [-0.2, 0) is 11.2 Å². The van der Waals surface area contributed by atoms with Crippen LogP contribution in [0.15, 0.2) is 46.7 Å². The molecule has 0 spiro atoms. The summed E-state index contributed by atoms with van der Waals surface area (Å²) < 4.78 is 5.22. The van der Waals surface area contributed by atoms with Crippen molar-refractivity contribution in [2.75, 3.05) is 17.2 Å². The maximum absolute atomic E-state index is 11.8. The van der Waals surface area contributed by atoms with Gasteiger partial charge in [0.25, 0.3) is 0 Å². The van der Waals surface area contributed by atoms with E-state index in [1.54, 1.807) is 45.3 Å². The van der Waals surface area contributed by atoms with Gasteiger partial charge in [0.05, 0.1) is 10.7 Å². The lowest BCUT2D eigenvalue weighted by molar-refractivity contribution is 0.0635. The van der Waals surface area contributed by atoms with Crippen molar-refractivity contribution in [1.82, 2.24) is 20.3 Å². The van der Waals surface area contributed by atoms with Crippen LogP contribution in [0.5, 0.6) is 0 Å². The summed E-state index contributed by atoms with van der Waals surface area (Å²) in [4.78, 5) is 24.8. The van der Waals surface area contributed by atoms with Crippen LogP contribution in [0.3, 0.4) is 0 Å². The molecule has 0 saturated heterocycles. The van der Waals surface area contributed by atoms with Crippen LogP contribution in [0, 0.1) is 11.3 Å². The second kappa shape index (κ2) is 10.8. The van der Waals surface area contributed by atoms with Gasteiger partial charge in [0.15, 0.2) is 0 Å². The third-order valence-electron chi connectivity index (χ3n) is 4.38. The van der Waals surface area contributed by atoms with Crippen LogP contribution < -0.4 is 16.0 Å². The van der Waals surface area contributed by atoms with Gasteiger partial charge in [-0.05, 0) is 56.7 Å².